The van der Waals surface area contributed by atoms with E-state index in [0.29, 0.717) is 17.4 Å². The molecule has 0 bridgehead atoms. The number of ether oxygens (including phenoxy) is 1. The van der Waals surface area contributed by atoms with Crippen molar-refractivity contribution < 1.29 is 13.5 Å². The van der Waals surface area contributed by atoms with E-state index in [0.717, 1.165) is 12.5 Å². The lowest BCUT2D eigenvalue weighted by atomic mass is 10.2. The van der Waals surface area contributed by atoms with Crippen LogP contribution in [-0.4, -0.2) is 12.6 Å². The van der Waals surface area contributed by atoms with E-state index in [-0.39, 0.29) is 11.9 Å². The lowest BCUT2D eigenvalue weighted by Gasteiger charge is -2.15. The molecular formula is C11H14BrF2NO. The predicted octanol–water partition coefficient (Wildman–Crippen LogP) is 3.23. The Bertz CT molecular complexity index is 360. The first-order chi connectivity index (χ1) is 7.54. The molecule has 90 valence electrons. The molecule has 0 saturated heterocycles. The van der Waals surface area contributed by atoms with Gasteiger partial charge in [0, 0.05) is 4.47 Å². The molecule has 2 N–H and O–H groups in total. The van der Waals surface area contributed by atoms with E-state index in [1.165, 1.54) is 6.07 Å². The second-order valence-corrected chi connectivity index (χ2v) is 4.47. The molecule has 0 amide bonds. The molecule has 0 aromatic heterocycles. The predicted molar refractivity (Wildman–Crippen MR) is 62.4 cm³/mol. The minimum Gasteiger partial charge on any atom is -0.487 e. The molecule has 2 nitrogen and oxygen atoms in total. The molecule has 0 spiro atoms. The van der Waals surface area contributed by atoms with Crippen molar-refractivity contribution in [1.29, 1.82) is 0 Å². The second-order valence-electron chi connectivity index (χ2n) is 3.56. The lowest BCUT2D eigenvalue weighted by molar-refractivity contribution is 0.197. The van der Waals surface area contributed by atoms with Gasteiger partial charge in [-0.25, -0.2) is 4.39 Å². The molecule has 16 heavy (non-hydrogen) atoms. The summed E-state index contributed by atoms with van der Waals surface area (Å²) in [6, 6.07) is 2.48. The molecule has 0 aliphatic carbocycles. The molecule has 0 heterocycles. The molecule has 1 rings (SSSR count). The monoisotopic (exact) mass is 293 g/mol. The summed E-state index contributed by atoms with van der Waals surface area (Å²) < 4.78 is 32.1. The van der Waals surface area contributed by atoms with Gasteiger partial charge in [0.25, 0.3) is 0 Å². The van der Waals surface area contributed by atoms with Crippen LogP contribution < -0.4 is 10.5 Å². The Hall–Kier alpha value is -0.680. The maximum absolute atomic E-state index is 13.3. The van der Waals surface area contributed by atoms with Crippen LogP contribution in [0.3, 0.4) is 0 Å². The van der Waals surface area contributed by atoms with Gasteiger partial charge in [-0.1, -0.05) is 15.9 Å². The van der Waals surface area contributed by atoms with E-state index >= 15 is 0 Å². The molecule has 1 aromatic carbocycles. The summed E-state index contributed by atoms with van der Waals surface area (Å²) in [5.41, 5.74) is 5.35. The molecule has 0 saturated carbocycles. The maximum atomic E-state index is 13.3. The van der Waals surface area contributed by atoms with Crippen molar-refractivity contribution in [3.63, 3.8) is 0 Å². The quantitative estimate of drug-likeness (QED) is 0.846. The Morgan fingerprint density at radius 1 is 1.44 bits per heavy atom. The summed E-state index contributed by atoms with van der Waals surface area (Å²) >= 11 is 3.08. The molecule has 5 heteroatoms. The van der Waals surface area contributed by atoms with Gasteiger partial charge in [-0.05, 0) is 38.4 Å². The summed E-state index contributed by atoms with van der Waals surface area (Å²) in [7, 11) is 0. The molecule has 0 aliphatic heterocycles. The minimum absolute atomic E-state index is 0.0728. The number of rotatable bonds is 5. The first-order valence-corrected chi connectivity index (χ1v) is 5.85. The summed E-state index contributed by atoms with van der Waals surface area (Å²) in [5, 5.41) is 0. The van der Waals surface area contributed by atoms with Gasteiger partial charge in [0.05, 0.1) is 6.10 Å². The van der Waals surface area contributed by atoms with Crippen LogP contribution in [0.15, 0.2) is 16.6 Å². The van der Waals surface area contributed by atoms with Gasteiger partial charge in [-0.3, -0.25) is 0 Å². The van der Waals surface area contributed by atoms with E-state index in [1.807, 2.05) is 0 Å². The van der Waals surface area contributed by atoms with Crippen molar-refractivity contribution in [1.82, 2.24) is 0 Å². The largest absolute Gasteiger partial charge is 0.487 e. The Balaban J connectivity index is 2.72. The normalized spacial score (nSPS) is 12.6. The number of hydrogen-bond acceptors (Lipinski definition) is 2. The van der Waals surface area contributed by atoms with Gasteiger partial charge < -0.3 is 10.5 Å². The Labute approximate surface area is 102 Å². The van der Waals surface area contributed by atoms with Crippen LogP contribution in [0.4, 0.5) is 8.78 Å². The van der Waals surface area contributed by atoms with E-state index in [9.17, 15) is 8.78 Å². The Morgan fingerprint density at radius 2 is 2.12 bits per heavy atom. The molecule has 1 atom stereocenters. The third-order valence-electron chi connectivity index (χ3n) is 2.10. The van der Waals surface area contributed by atoms with Crippen LogP contribution >= 0.6 is 15.9 Å². The van der Waals surface area contributed by atoms with Crippen molar-refractivity contribution in [3.05, 3.63) is 28.2 Å². The summed E-state index contributed by atoms with van der Waals surface area (Å²) in [5.74, 6) is -1.95. The zero-order valence-corrected chi connectivity index (χ0v) is 10.6. The second kappa shape index (κ2) is 6.15. The van der Waals surface area contributed by atoms with Crippen molar-refractivity contribution in [3.8, 4) is 5.75 Å². The highest BCUT2D eigenvalue weighted by atomic mass is 79.9. The average Bonchev–Trinajstić information content (AvgIpc) is 2.22. The number of benzene rings is 1. The fourth-order valence-corrected chi connectivity index (χ4v) is 1.71. The highest BCUT2D eigenvalue weighted by Crippen LogP contribution is 2.26. The smallest absolute Gasteiger partial charge is 0.200 e. The van der Waals surface area contributed by atoms with Gasteiger partial charge in [-0.15, -0.1) is 0 Å². The van der Waals surface area contributed by atoms with Gasteiger partial charge in [0.1, 0.15) is 0 Å². The van der Waals surface area contributed by atoms with Crippen LogP contribution in [0.1, 0.15) is 19.8 Å². The number of halogens is 3. The van der Waals surface area contributed by atoms with Crippen LogP contribution in [-0.2, 0) is 0 Å². The molecule has 1 unspecified atom stereocenters. The average molecular weight is 294 g/mol. The third kappa shape index (κ3) is 3.72. The van der Waals surface area contributed by atoms with Crippen molar-refractivity contribution in [2.24, 2.45) is 5.73 Å². The fraction of sp³-hybridized carbons (Fsp3) is 0.455. The topological polar surface area (TPSA) is 35.2 Å². The molecule has 1 aromatic rings. The summed E-state index contributed by atoms with van der Waals surface area (Å²) in [6.45, 7) is 2.36. The minimum atomic E-state index is -0.956. The fourth-order valence-electron chi connectivity index (χ4n) is 1.30. The van der Waals surface area contributed by atoms with Gasteiger partial charge in [0.2, 0.25) is 5.82 Å². The van der Waals surface area contributed by atoms with E-state index in [1.54, 1.807) is 6.92 Å². The zero-order valence-electron chi connectivity index (χ0n) is 8.97. The van der Waals surface area contributed by atoms with E-state index < -0.39 is 11.6 Å². The van der Waals surface area contributed by atoms with Gasteiger partial charge in [0.15, 0.2) is 11.6 Å². The molecule has 0 radical (unpaired) electrons. The van der Waals surface area contributed by atoms with Crippen LogP contribution in [0, 0.1) is 11.6 Å². The van der Waals surface area contributed by atoms with Crippen LogP contribution in [0.25, 0.3) is 0 Å². The van der Waals surface area contributed by atoms with Crippen LogP contribution in [0.5, 0.6) is 5.75 Å². The molecule has 0 fully saturated rings. The number of hydrogen-bond donors (Lipinski definition) is 1. The zero-order chi connectivity index (χ0) is 12.1. The SMILES string of the molecule is CC(CCCN)Oc1cc(Br)cc(F)c1F. The Kier molecular flexibility index (Phi) is 5.15. The lowest BCUT2D eigenvalue weighted by Crippen LogP contribution is -2.15. The van der Waals surface area contributed by atoms with Gasteiger partial charge >= 0.3 is 0 Å². The van der Waals surface area contributed by atoms with Gasteiger partial charge in [-0.2, -0.15) is 4.39 Å². The molecule has 0 aliphatic rings. The van der Waals surface area contributed by atoms with E-state index in [2.05, 4.69) is 15.9 Å². The van der Waals surface area contributed by atoms with Crippen molar-refractivity contribution >= 4 is 15.9 Å². The summed E-state index contributed by atoms with van der Waals surface area (Å²) in [6.07, 6.45) is 1.32. The first kappa shape index (κ1) is 13.4. The third-order valence-corrected chi connectivity index (χ3v) is 2.56. The molecular weight excluding hydrogens is 280 g/mol. The standard InChI is InChI=1S/C11H14BrF2NO/c1-7(3-2-4-15)16-10-6-8(12)5-9(13)11(10)14/h5-7H,2-4,15H2,1H3. The highest BCUT2D eigenvalue weighted by molar-refractivity contribution is 9.10. The first-order valence-electron chi connectivity index (χ1n) is 5.06. The van der Waals surface area contributed by atoms with Crippen molar-refractivity contribution in [2.45, 2.75) is 25.9 Å². The Morgan fingerprint density at radius 3 is 2.75 bits per heavy atom. The summed E-state index contributed by atoms with van der Waals surface area (Å²) in [4.78, 5) is 0. The van der Waals surface area contributed by atoms with Crippen LogP contribution in [0.2, 0.25) is 0 Å². The van der Waals surface area contributed by atoms with E-state index in [4.69, 9.17) is 10.5 Å². The van der Waals surface area contributed by atoms with Crippen molar-refractivity contribution in [2.75, 3.05) is 6.54 Å². The highest BCUT2D eigenvalue weighted by Gasteiger charge is 2.13. The maximum Gasteiger partial charge on any atom is 0.200 e. The number of nitrogens with two attached hydrogens (primary N) is 1.